The Kier molecular flexibility index (Phi) is 8.59. The number of ketones is 2. The smallest absolute Gasteiger partial charge is 0.252 e. The van der Waals surface area contributed by atoms with Gasteiger partial charge in [-0.25, -0.2) is 0 Å². The number of phenols is 2. The van der Waals surface area contributed by atoms with E-state index in [2.05, 4.69) is 10.6 Å². The Morgan fingerprint density at radius 2 is 1.84 bits per heavy atom. The number of hydrogen-bond donors (Lipinski definition) is 5. The zero-order valence-corrected chi connectivity index (χ0v) is 25.4. The van der Waals surface area contributed by atoms with Crippen molar-refractivity contribution in [3.8, 4) is 17.2 Å². The van der Waals surface area contributed by atoms with Gasteiger partial charge in [-0.15, -0.1) is 0 Å². The van der Waals surface area contributed by atoms with Crippen molar-refractivity contribution < 1.29 is 53.4 Å². The Labute approximate surface area is 259 Å². The van der Waals surface area contributed by atoms with Crippen LogP contribution >= 0.6 is 0 Å². The zero-order valence-electron chi connectivity index (χ0n) is 25.4. The van der Waals surface area contributed by atoms with E-state index >= 15 is 0 Å². The van der Waals surface area contributed by atoms with E-state index in [4.69, 9.17) is 23.7 Å². The first kappa shape index (κ1) is 31.4. The van der Waals surface area contributed by atoms with Crippen LogP contribution in [0.5, 0.6) is 17.2 Å². The number of aromatic hydroxyl groups is 2. The number of amides is 1. The fourth-order valence-electron chi connectivity index (χ4n) is 6.57. The van der Waals surface area contributed by atoms with E-state index in [1.54, 1.807) is 19.9 Å². The molecule has 2 saturated heterocycles. The second kappa shape index (κ2) is 12.3. The van der Waals surface area contributed by atoms with Gasteiger partial charge in [0.2, 0.25) is 5.78 Å². The summed E-state index contributed by atoms with van der Waals surface area (Å²) in [5, 5.41) is 40.9. The van der Waals surface area contributed by atoms with E-state index < -0.39 is 59.0 Å². The zero-order chi connectivity index (χ0) is 32.0. The molecule has 1 amide bonds. The molecule has 0 bridgehead atoms. The lowest BCUT2D eigenvalue weighted by atomic mass is 9.72. The summed E-state index contributed by atoms with van der Waals surface area (Å²) in [6.07, 6.45) is -2.26. The van der Waals surface area contributed by atoms with Crippen molar-refractivity contribution in [2.75, 3.05) is 33.5 Å². The molecule has 2 aromatic carbocycles. The fourth-order valence-corrected chi connectivity index (χ4v) is 6.57. The van der Waals surface area contributed by atoms with Gasteiger partial charge in [-0.1, -0.05) is 12.1 Å². The van der Waals surface area contributed by atoms with Crippen LogP contribution in [0.25, 0.3) is 0 Å². The van der Waals surface area contributed by atoms with Crippen LogP contribution in [-0.2, 0) is 30.2 Å². The largest absolute Gasteiger partial charge is 0.507 e. The third kappa shape index (κ3) is 5.68. The number of methoxy groups -OCH3 is 1. The number of hydrogen-bond acceptors (Lipinski definition) is 12. The van der Waals surface area contributed by atoms with Crippen molar-refractivity contribution in [1.82, 2.24) is 10.6 Å². The van der Waals surface area contributed by atoms with Crippen LogP contribution < -0.4 is 15.4 Å². The van der Waals surface area contributed by atoms with Crippen molar-refractivity contribution in [2.45, 2.75) is 75.9 Å². The summed E-state index contributed by atoms with van der Waals surface area (Å²) in [4.78, 5) is 40.8. The highest BCUT2D eigenvalue weighted by Gasteiger charge is 2.50. The average Bonchev–Trinajstić information content (AvgIpc) is 3.02. The maximum absolute atomic E-state index is 13.8. The summed E-state index contributed by atoms with van der Waals surface area (Å²) in [5.74, 6) is -3.14. The molecular formula is C32H38N2O11. The van der Waals surface area contributed by atoms with E-state index in [0.717, 1.165) is 0 Å². The van der Waals surface area contributed by atoms with Crippen LogP contribution in [0, 0.1) is 0 Å². The molecule has 13 heteroatoms. The predicted octanol–water partition coefficient (Wildman–Crippen LogP) is 1.61. The number of ether oxygens (including phenoxy) is 5. The topological polar surface area (TPSA) is 182 Å². The highest BCUT2D eigenvalue weighted by molar-refractivity contribution is 6.31. The minimum Gasteiger partial charge on any atom is -0.507 e. The Balaban J connectivity index is 1.36. The van der Waals surface area contributed by atoms with Crippen molar-refractivity contribution in [1.29, 1.82) is 0 Å². The molecule has 5 atom stereocenters. The lowest BCUT2D eigenvalue weighted by molar-refractivity contribution is -0.233. The number of rotatable bonds is 7. The lowest BCUT2D eigenvalue weighted by Gasteiger charge is -2.41. The summed E-state index contributed by atoms with van der Waals surface area (Å²) in [6.45, 7) is 5.41. The second-order valence-corrected chi connectivity index (χ2v) is 12.2. The van der Waals surface area contributed by atoms with Gasteiger partial charge in [-0.2, -0.15) is 0 Å². The molecule has 2 aliphatic carbocycles. The van der Waals surface area contributed by atoms with Crippen molar-refractivity contribution in [3.63, 3.8) is 0 Å². The minimum absolute atomic E-state index is 0.000268. The molecule has 2 fully saturated rings. The molecular weight excluding hydrogens is 588 g/mol. The SMILES string of the molecule is COc1cccc2c1C(=O)c1c(O)c3c(c(O)c1C2=O)C[C@@](O)(C(=O)NC(C)C)C[C@@H]3OC1CC[C@H](OC2COCCN2)CO1. The van der Waals surface area contributed by atoms with Crippen molar-refractivity contribution in [2.24, 2.45) is 0 Å². The molecule has 2 heterocycles. The second-order valence-electron chi connectivity index (χ2n) is 12.2. The molecule has 2 unspecified atom stereocenters. The van der Waals surface area contributed by atoms with Gasteiger partial charge >= 0.3 is 0 Å². The first-order valence-corrected chi connectivity index (χ1v) is 15.2. The Morgan fingerprint density at radius 1 is 1.07 bits per heavy atom. The Hall–Kier alpha value is -3.59. The number of morpholine rings is 1. The van der Waals surface area contributed by atoms with Crippen molar-refractivity contribution in [3.05, 3.63) is 51.6 Å². The van der Waals surface area contributed by atoms with Gasteiger partial charge in [-0.05, 0) is 26.3 Å². The van der Waals surface area contributed by atoms with Gasteiger partial charge in [-0.3, -0.25) is 19.7 Å². The Morgan fingerprint density at radius 3 is 2.51 bits per heavy atom. The standard InChI is InChI=1S/C32H38N2O11/c1-15(2)34-31(39)32(40)11-18-24(20(12-32)45-22-8-7-16(13-43-22)44-21-14-42-10-9-33-21)30(38)26-25(28(18)36)27(35)17-5-4-6-19(41-3)23(17)29(26)37/h4-6,15-16,20-22,33,36,38,40H,7-14H2,1-3H3,(H,34,39)/t16-,20-,21?,22?,32-/m0/s1. The summed E-state index contributed by atoms with van der Waals surface area (Å²) in [5.41, 5.74) is -2.95. The van der Waals surface area contributed by atoms with Gasteiger partial charge in [0.1, 0.15) is 29.1 Å². The highest BCUT2D eigenvalue weighted by Crippen LogP contribution is 2.52. The summed E-state index contributed by atoms with van der Waals surface area (Å²) < 4.78 is 29.1. The number of benzene rings is 2. The first-order chi connectivity index (χ1) is 21.5. The van der Waals surface area contributed by atoms with Crippen LogP contribution in [-0.4, -0.2) is 96.5 Å². The molecule has 2 aliphatic heterocycles. The number of aliphatic hydroxyl groups is 1. The van der Waals surface area contributed by atoms with Gasteiger partial charge in [0.25, 0.3) is 5.91 Å². The van der Waals surface area contributed by atoms with E-state index in [0.29, 0.717) is 32.6 Å². The lowest BCUT2D eigenvalue weighted by Crippen LogP contribution is -2.53. The molecule has 0 spiro atoms. The monoisotopic (exact) mass is 626 g/mol. The number of fused-ring (bicyclic) bond motifs is 3. The van der Waals surface area contributed by atoms with E-state index in [1.165, 1.54) is 19.2 Å². The summed E-state index contributed by atoms with van der Waals surface area (Å²) >= 11 is 0. The van der Waals surface area contributed by atoms with Gasteiger partial charge in [0.15, 0.2) is 12.1 Å². The van der Waals surface area contributed by atoms with Crippen LogP contribution in [0.3, 0.4) is 0 Å². The summed E-state index contributed by atoms with van der Waals surface area (Å²) in [7, 11) is 1.36. The highest BCUT2D eigenvalue weighted by atomic mass is 16.7. The van der Waals surface area contributed by atoms with Gasteiger partial charge < -0.3 is 44.3 Å². The van der Waals surface area contributed by atoms with E-state index in [1.807, 2.05) is 0 Å². The molecule has 45 heavy (non-hydrogen) atoms. The fraction of sp³-hybridized carbons (Fsp3) is 0.531. The third-order valence-electron chi connectivity index (χ3n) is 8.67. The molecule has 13 nitrogen and oxygen atoms in total. The molecule has 0 saturated carbocycles. The molecule has 242 valence electrons. The molecule has 0 aromatic heterocycles. The van der Waals surface area contributed by atoms with Gasteiger partial charge in [0.05, 0.1) is 55.8 Å². The van der Waals surface area contributed by atoms with Gasteiger partial charge in [0, 0.05) is 48.5 Å². The molecule has 6 rings (SSSR count). The maximum atomic E-state index is 13.8. The minimum atomic E-state index is -2.07. The molecule has 4 aliphatic rings. The number of nitrogens with one attached hydrogen (secondary N) is 2. The van der Waals surface area contributed by atoms with Crippen LogP contribution in [0.4, 0.5) is 0 Å². The average molecular weight is 627 g/mol. The molecule has 2 aromatic rings. The number of phenolic OH excluding ortho intramolecular Hbond substituents is 2. The maximum Gasteiger partial charge on any atom is 0.252 e. The third-order valence-corrected chi connectivity index (χ3v) is 8.67. The first-order valence-electron chi connectivity index (χ1n) is 15.2. The number of carbonyl (C=O) groups is 3. The van der Waals surface area contributed by atoms with Crippen molar-refractivity contribution >= 4 is 17.5 Å². The van der Waals surface area contributed by atoms with Crippen LogP contribution in [0.15, 0.2) is 18.2 Å². The predicted molar refractivity (Wildman–Crippen MR) is 156 cm³/mol. The normalized spacial score (nSPS) is 27.8. The van der Waals surface area contributed by atoms with Crippen LogP contribution in [0.1, 0.15) is 82.2 Å². The van der Waals surface area contributed by atoms with E-state index in [9.17, 15) is 29.7 Å². The molecule has 5 N–H and O–H groups in total. The number of carbonyl (C=O) groups excluding carboxylic acids is 3. The van der Waals surface area contributed by atoms with Crippen LogP contribution in [0.2, 0.25) is 0 Å². The molecule has 0 radical (unpaired) electrons. The van der Waals surface area contributed by atoms with E-state index in [-0.39, 0.29) is 65.0 Å². The Bertz CT molecular complexity index is 1510. The summed E-state index contributed by atoms with van der Waals surface area (Å²) in [6, 6.07) is 4.20. The quantitative estimate of drug-likeness (QED) is 0.239.